The molecule has 4 aliphatic heterocycles. The summed E-state index contributed by atoms with van der Waals surface area (Å²) < 4.78 is 0. The van der Waals surface area contributed by atoms with E-state index in [0.717, 1.165) is 43.5 Å². The van der Waals surface area contributed by atoms with E-state index >= 15 is 0 Å². The number of benzene rings is 6. The largest absolute Gasteiger partial charge is 0.392 e. The van der Waals surface area contributed by atoms with Crippen LogP contribution in [0.1, 0.15) is 92.1 Å². The highest BCUT2D eigenvalue weighted by Crippen LogP contribution is 2.35. The maximum atomic E-state index is 13.9. The number of aliphatic hydroxyl groups excluding tert-OH is 2. The third-order valence-corrected chi connectivity index (χ3v) is 16.5. The van der Waals surface area contributed by atoms with Gasteiger partial charge in [-0.15, -0.1) is 0 Å². The second-order valence-corrected chi connectivity index (χ2v) is 22.1. The highest BCUT2D eigenvalue weighted by atomic mass is 35.5. The molecule has 2 aromatic heterocycles. The second-order valence-electron chi connectivity index (χ2n) is 21.3. The third kappa shape index (κ3) is 12.6. The Morgan fingerprint density at radius 1 is 0.537 bits per heavy atom. The van der Waals surface area contributed by atoms with E-state index in [0.29, 0.717) is 66.2 Å². The number of H-pyrrole nitrogens is 2. The molecule has 6 heterocycles. The summed E-state index contributed by atoms with van der Waals surface area (Å²) >= 11 is 13.1. The van der Waals surface area contributed by atoms with E-state index in [4.69, 9.17) is 28.3 Å². The molecule has 0 aliphatic carbocycles. The Morgan fingerprint density at radius 2 is 1.02 bits per heavy atom. The molecule has 80 heavy (non-hydrogen) atoms. The fraction of sp³-hybridized carbons (Fsp3) is 0.312. The molecule has 4 saturated heterocycles. The van der Waals surface area contributed by atoms with Crippen molar-refractivity contribution in [2.45, 2.75) is 63.1 Å². The highest BCUT2D eigenvalue weighted by molar-refractivity contribution is 6.45. The van der Waals surface area contributed by atoms with Crippen LogP contribution in [0, 0.1) is 0 Å². The molecule has 4 atom stereocenters. The number of fused-ring (bicyclic) bond motifs is 2. The molecule has 6 aromatic carbocycles. The van der Waals surface area contributed by atoms with Gasteiger partial charge in [0.05, 0.1) is 51.0 Å². The van der Waals surface area contributed by atoms with Crippen LogP contribution in [-0.4, -0.2) is 158 Å². The Hall–Kier alpha value is -7.14. The molecule has 8 aromatic rings. The molecule has 5 N–H and O–H groups in total. The Balaban J connectivity index is 0.000000167. The summed E-state index contributed by atoms with van der Waals surface area (Å²) in [5.74, 6) is -1.54. The van der Waals surface area contributed by atoms with Crippen LogP contribution < -0.4 is 5.32 Å². The van der Waals surface area contributed by atoms with Crippen LogP contribution in [-0.2, 0) is 4.79 Å². The van der Waals surface area contributed by atoms with Crippen molar-refractivity contribution in [2.75, 3.05) is 65.4 Å². The summed E-state index contributed by atoms with van der Waals surface area (Å²) in [6.07, 6.45) is 4.04. The van der Waals surface area contributed by atoms with E-state index in [2.05, 4.69) is 141 Å². The molecule has 4 aliphatic rings. The van der Waals surface area contributed by atoms with E-state index < -0.39 is 17.8 Å². The standard InChI is InChI=1S/C33H33ClN4O4.C27H26ClN3O.C4H9NO/c1-21-19-36(30(22-8-4-2-5-9-22)23-10-6-3-7-11-23)14-15-38(21)32(41)26-16-25-27(18-35-29(25)17-28(26)34)31(40)33(42)37-13-12-24(39)20-37;1-19-18-30(26(20-8-4-2-5-9-20)21-10-6-3-7-11-21)14-15-31(19)27(32)23-16-22-12-13-29-25(22)17-24(23)28;6-4-1-2-5-3-4/h2-11,16-18,21,24,30,35,39H,12-15,19-20H2,1H3;2-13,16-17,19,26,29H,14-15,18H2,1H3;4-6H,1-3H2/t21-,24-;19-;4-/m111/s1. The van der Waals surface area contributed by atoms with Crippen molar-refractivity contribution in [1.29, 1.82) is 0 Å². The van der Waals surface area contributed by atoms with Gasteiger partial charge in [0.1, 0.15) is 0 Å². The number of hydrogen-bond donors (Lipinski definition) is 5. The van der Waals surface area contributed by atoms with Crippen LogP contribution >= 0.6 is 23.2 Å². The van der Waals surface area contributed by atoms with Crippen LogP contribution in [0.5, 0.6) is 0 Å². The van der Waals surface area contributed by atoms with Crippen molar-refractivity contribution in [3.8, 4) is 0 Å². The number of carbonyl (C=O) groups is 4. The van der Waals surface area contributed by atoms with Crippen LogP contribution in [0.4, 0.5) is 0 Å². The number of ketones is 1. The van der Waals surface area contributed by atoms with E-state index in [1.54, 1.807) is 12.1 Å². The molecule has 0 spiro atoms. The third-order valence-electron chi connectivity index (χ3n) is 15.8. The molecule has 3 amide bonds. The fourth-order valence-corrected chi connectivity index (χ4v) is 12.2. The Morgan fingerprint density at radius 3 is 1.45 bits per heavy atom. The van der Waals surface area contributed by atoms with Gasteiger partial charge >= 0.3 is 0 Å². The number of rotatable bonds is 10. The van der Waals surface area contributed by atoms with Gasteiger partial charge in [0.25, 0.3) is 23.5 Å². The minimum Gasteiger partial charge on any atom is -0.392 e. The molecule has 414 valence electrons. The molecule has 4 fully saturated rings. The summed E-state index contributed by atoms with van der Waals surface area (Å²) in [6.45, 7) is 10.5. The normalized spacial score (nSPS) is 19.7. The maximum Gasteiger partial charge on any atom is 0.295 e. The number of nitrogens with one attached hydrogen (secondary N) is 3. The SMILES string of the molecule is C[C@@H]1CN(C(c2ccccc2)c2ccccc2)CCN1C(=O)c1cc2c(C(=O)C(=O)N3CC[C@@H](O)C3)c[nH]c2cc1Cl.C[C@@H]1CN(C(c2ccccc2)c2ccccc2)CCN1C(=O)c1cc2cc[nH]c2cc1Cl.O[C@@H]1CCNC1. The molecule has 0 unspecified atom stereocenters. The number of aromatic nitrogens is 2. The first-order valence-electron chi connectivity index (χ1n) is 27.6. The van der Waals surface area contributed by atoms with Gasteiger partial charge < -0.3 is 40.2 Å². The monoisotopic (exact) mass is 1110 g/mol. The minimum atomic E-state index is -0.675. The highest BCUT2D eigenvalue weighted by Gasteiger charge is 2.36. The lowest BCUT2D eigenvalue weighted by molar-refractivity contribution is -0.125. The van der Waals surface area contributed by atoms with Crippen LogP contribution in [0.2, 0.25) is 10.0 Å². The minimum absolute atomic E-state index is 0.00113. The zero-order valence-corrected chi connectivity index (χ0v) is 46.6. The maximum absolute atomic E-state index is 13.9. The predicted octanol–water partition coefficient (Wildman–Crippen LogP) is 9.63. The predicted molar refractivity (Wildman–Crippen MR) is 315 cm³/mol. The number of likely N-dealkylation sites (tertiary alicyclic amines) is 1. The van der Waals surface area contributed by atoms with Gasteiger partial charge in [-0.1, -0.05) is 145 Å². The smallest absolute Gasteiger partial charge is 0.295 e. The lowest BCUT2D eigenvalue weighted by Crippen LogP contribution is -2.54. The molecular weight excluding hydrogens is 1050 g/mol. The molecule has 12 rings (SSSR count). The zero-order chi connectivity index (χ0) is 55.9. The molecule has 0 saturated carbocycles. The van der Waals surface area contributed by atoms with Gasteiger partial charge in [0.2, 0.25) is 0 Å². The molecule has 16 heteroatoms. The Bertz CT molecular complexity index is 3330. The van der Waals surface area contributed by atoms with Gasteiger partial charge in [0, 0.05) is 105 Å². The van der Waals surface area contributed by atoms with Crippen molar-refractivity contribution >= 4 is 68.5 Å². The molecule has 0 bridgehead atoms. The van der Waals surface area contributed by atoms with Crippen LogP contribution in [0.15, 0.2) is 164 Å². The summed E-state index contributed by atoms with van der Waals surface area (Å²) in [5, 5.41) is 23.7. The van der Waals surface area contributed by atoms with E-state index in [9.17, 15) is 24.3 Å². The van der Waals surface area contributed by atoms with Gasteiger partial charge in [-0.05, 0) is 85.8 Å². The van der Waals surface area contributed by atoms with Crippen molar-refractivity contribution in [2.24, 2.45) is 0 Å². The quantitative estimate of drug-likeness (QED) is 0.0662. The number of nitrogens with zero attached hydrogens (tertiary/aromatic N) is 5. The van der Waals surface area contributed by atoms with E-state index in [1.165, 1.54) is 33.4 Å². The lowest BCUT2D eigenvalue weighted by atomic mass is 9.95. The van der Waals surface area contributed by atoms with Gasteiger partial charge in [-0.3, -0.25) is 29.0 Å². The number of amides is 3. The summed E-state index contributed by atoms with van der Waals surface area (Å²) in [5.41, 5.74) is 7.51. The van der Waals surface area contributed by atoms with Gasteiger partial charge in [-0.2, -0.15) is 0 Å². The summed E-state index contributed by atoms with van der Waals surface area (Å²) in [6, 6.07) is 51.2. The Kier molecular flexibility index (Phi) is 17.9. The number of halogens is 2. The Labute approximate surface area is 476 Å². The topological polar surface area (TPSA) is 169 Å². The van der Waals surface area contributed by atoms with Gasteiger partial charge in [-0.25, -0.2) is 0 Å². The number of β-amino-alcohol motifs (C(OH)–C–C–N with tert-alkyl or cyclic N) is 2. The molecular formula is C64H68Cl2N8O6. The summed E-state index contributed by atoms with van der Waals surface area (Å²) in [4.78, 5) is 69.5. The van der Waals surface area contributed by atoms with E-state index in [1.807, 2.05) is 53.3 Å². The molecule has 14 nitrogen and oxygen atoms in total. The fourth-order valence-electron chi connectivity index (χ4n) is 11.7. The zero-order valence-electron chi connectivity index (χ0n) is 45.1. The van der Waals surface area contributed by atoms with Crippen molar-refractivity contribution in [1.82, 2.24) is 39.8 Å². The van der Waals surface area contributed by atoms with Gasteiger partial charge in [0.15, 0.2) is 0 Å². The first-order chi connectivity index (χ1) is 38.8. The van der Waals surface area contributed by atoms with Crippen molar-refractivity contribution in [3.05, 3.63) is 213 Å². The van der Waals surface area contributed by atoms with Crippen molar-refractivity contribution in [3.63, 3.8) is 0 Å². The number of aromatic amines is 2. The lowest BCUT2D eigenvalue weighted by Gasteiger charge is -2.43. The number of Topliss-reactive ketones (excluding diaryl/α,β-unsaturated/α-hetero) is 1. The number of carbonyl (C=O) groups excluding carboxylic acids is 4. The number of aliphatic hydroxyl groups is 2. The first-order valence-corrected chi connectivity index (χ1v) is 28.4. The number of piperazine rings is 2. The average molecular weight is 1120 g/mol. The van der Waals surface area contributed by atoms with Crippen molar-refractivity contribution < 1.29 is 29.4 Å². The van der Waals surface area contributed by atoms with E-state index in [-0.39, 0.29) is 59.2 Å². The second kappa shape index (κ2) is 25.5. The summed E-state index contributed by atoms with van der Waals surface area (Å²) in [7, 11) is 0. The molecule has 0 radical (unpaired) electrons. The first kappa shape index (κ1) is 56.1. The number of hydrogen-bond acceptors (Lipinski definition) is 9. The average Bonchev–Trinajstić information content (AvgIpc) is 4.35. The van der Waals surface area contributed by atoms with Crippen LogP contribution in [0.25, 0.3) is 21.8 Å². The van der Waals surface area contributed by atoms with Crippen LogP contribution in [0.3, 0.4) is 0 Å².